The topological polar surface area (TPSA) is 47.6 Å². The molecule has 134 valence electrons. The molecule has 0 aliphatic heterocycles. The molecule has 1 N–H and O–H groups in total. The van der Waals surface area contributed by atoms with Gasteiger partial charge < -0.3 is 14.8 Å². The second kappa shape index (κ2) is 9.72. The highest BCUT2D eigenvalue weighted by atomic mass is 16.5. The van der Waals surface area contributed by atoms with Crippen molar-refractivity contribution in [2.75, 3.05) is 18.5 Å². The summed E-state index contributed by atoms with van der Waals surface area (Å²) in [6.45, 7) is 7.73. The molecular weight excluding hydrogens is 314 g/mol. The van der Waals surface area contributed by atoms with Crippen LogP contribution >= 0.6 is 0 Å². The van der Waals surface area contributed by atoms with E-state index >= 15 is 0 Å². The molecule has 2 rings (SSSR count). The van der Waals surface area contributed by atoms with E-state index in [4.69, 9.17) is 9.47 Å². The van der Waals surface area contributed by atoms with E-state index in [9.17, 15) is 4.79 Å². The van der Waals surface area contributed by atoms with E-state index in [0.717, 1.165) is 30.0 Å². The van der Waals surface area contributed by atoms with E-state index in [1.165, 1.54) is 0 Å². The van der Waals surface area contributed by atoms with Crippen molar-refractivity contribution in [3.8, 4) is 11.5 Å². The normalized spacial score (nSPS) is 10.6. The molecular formula is C21H27NO3. The first-order chi connectivity index (χ1) is 12.1. The van der Waals surface area contributed by atoms with Crippen LogP contribution in [0.1, 0.15) is 44.0 Å². The van der Waals surface area contributed by atoms with Gasteiger partial charge in [-0.3, -0.25) is 4.79 Å². The van der Waals surface area contributed by atoms with Crippen molar-refractivity contribution in [1.29, 1.82) is 0 Å². The zero-order chi connectivity index (χ0) is 18.1. The number of amides is 1. The van der Waals surface area contributed by atoms with Crippen LogP contribution in [-0.2, 0) is 0 Å². The zero-order valence-electron chi connectivity index (χ0n) is 15.2. The van der Waals surface area contributed by atoms with E-state index in [2.05, 4.69) is 26.1 Å². The van der Waals surface area contributed by atoms with E-state index < -0.39 is 0 Å². The Bertz CT molecular complexity index is 665. The molecule has 0 aromatic heterocycles. The van der Waals surface area contributed by atoms with E-state index in [1.54, 1.807) is 12.1 Å². The van der Waals surface area contributed by atoms with Gasteiger partial charge in [0.15, 0.2) is 0 Å². The van der Waals surface area contributed by atoms with E-state index in [0.29, 0.717) is 24.7 Å². The summed E-state index contributed by atoms with van der Waals surface area (Å²) < 4.78 is 11.3. The quantitative estimate of drug-likeness (QED) is 0.686. The predicted octanol–water partition coefficient (Wildman–Crippen LogP) is 5.15. The Morgan fingerprint density at radius 3 is 2.40 bits per heavy atom. The van der Waals surface area contributed by atoms with Crippen LogP contribution < -0.4 is 14.8 Å². The fourth-order valence-corrected chi connectivity index (χ4v) is 2.20. The van der Waals surface area contributed by atoms with Gasteiger partial charge in [-0.1, -0.05) is 26.8 Å². The third kappa shape index (κ3) is 6.49. The Labute approximate surface area is 150 Å². The summed E-state index contributed by atoms with van der Waals surface area (Å²) in [6.07, 6.45) is 1.96. The first-order valence-corrected chi connectivity index (χ1v) is 8.85. The monoisotopic (exact) mass is 341 g/mol. The number of anilines is 1. The molecule has 0 atom stereocenters. The number of benzene rings is 2. The van der Waals surface area contributed by atoms with Gasteiger partial charge in [-0.25, -0.2) is 0 Å². The number of ether oxygens (including phenoxy) is 2. The molecule has 0 saturated heterocycles. The molecule has 0 aliphatic rings. The Hall–Kier alpha value is -2.49. The van der Waals surface area contributed by atoms with Crippen molar-refractivity contribution < 1.29 is 14.3 Å². The molecule has 1 amide bonds. The van der Waals surface area contributed by atoms with Crippen molar-refractivity contribution >= 4 is 11.6 Å². The van der Waals surface area contributed by atoms with Crippen molar-refractivity contribution in [3.05, 3.63) is 54.1 Å². The summed E-state index contributed by atoms with van der Waals surface area (Å²) in [4.78, 5) is 12.4. The molecule has 0 heterocycles. The molecule has 0 aliphatic carbocycles. The maximum Gasteiger partial charge on any atom is 0.255 e. The largest absolute Gasteiger partial charge is 0.494 e. The van der Waals surface area contributed by atoms with Gasteiger partial charge in [0.1, 0.15) is 11.5 Å². The first kappa shape index (κ1) is 18.8. The van der Waals surface area contributed by atoms with Crippen LogP contribution in [0.25, 0.3) is 0 Å². The fraction of sp³-hybridized carbons (Fsp3) is 0.381. The lowest BCUT2D eigenvalue weighted by Crippen LogP contribution is -2.12. The predicted molar refractivity (Wildman–Crippen MR) is 102 cm³/mol. The lowest BCUT2D eigenvalue weighted by Gasteiger charge is -2.10. The summed E-state index contributed by atoms with van der Waals surface area (Å²) >= 11 is 0. The highest BCUT2D eigenvalue weighted by molar-refractivity contribution is 6.04. The molecule has 0 saturated carbocycles. The molecule has 0 fully saturated rings. The van der Waals surface area contributed by atoms with Gasteiger partial charge in [0.2, 0.25) is 0 Å². The van der Waals surface area contributed by atoms with Gasteiger partial charge >= 0.3 is 0 Å². The van der Waals surface area contributed by atoms with E-state index in [1.807, 2.05) is 36.4 Å². The number of hydrogen-bond acceptors (Lipinski definition) is 3. The molecule has 2 aromatic rings. The second-order valence-corrected chi connectivity index (χ2v) is 6.39. The minimum absolute atomic E-state index is 0.156. The summed E-state index contributed by atoms with van der Waals surface area (Å²) in [6, 6.07) is 14.7. The average molecular weight is 341 g/mol. The first-order valence-electron chi connectivity index (χ1n) is 8.85. The van der Waals surface area contributed by atoms with Gasteiger partial charge in [-0.15, -0.1) is 0 Å². The van der Waals surface area contributed by atoms with Crippen LogP contribution in [0.2, 0.25) is 0 Å². The molecule has 4 heteroatoms. The standard InChI is InChI=1S/C21H27NO3/c1-4-13-24-19-10-8-18(9-11-19)22-21(23)17-6-5-7-20(15-17)25-14-12-16(2)3/h5-11,15-16H,4,12-14H2,1-3H3,(H,22,23). The van der Waals surface area contributed by atoms with Crippen molar-refractivity contribution in [1.82, 2.24) is 0 Å². The highest BCUT2D eigenvalue weighted by Gasteiger charge is 2.08. The zero-order valence-corrected chi connectivity index (χ0v) is 15.2. The molecule has 0 unspecified atom stereocenters. The summed E-state index contributed by atoms with van der Waals surface area (Å²) in [7, 11) is 0. The van der Waals surface area contributed by atoms with Crippen molar-refractivity contribution in [3.63, 3.8) is 0 Å². The van der Waals surface area contributed by atoms with Gasteiger partial charge in [-0.2, -0.15) is 0 Å². The Morgan fingerprint density at radius 2 is 1.72 bits per heavy atom. The molecule has 0 spiro atoms. The second-order valence-electron chi connectivity index (χ2n) is 6.39. The van der Waals surface area contributed by atoms with Crippen LogP contribution in [-0.4, -0.2) is 19.1 Å². The van der Waals surface area contributed by atoms with Gasteiger partial charge in [0.05, 0.1) is 13.2 Å². The van der Waals surface area contributed by atoms with Gasteiger partial charge in [-0.05, 0) is 61.2 Å². The van der Waals surface area contributed by atoms with E-state index in [-0.39, 0.29) is 5.91 Å². The van der Waals surface area contributed by atoms with Crippen LogP contribution in [0.15, 0.2) is 48.5 Å². The SMILES string of the molecule is CCCOc1ccc(NC(=O)c2cccc(OCCC(C)C)c2)cc1. The van der Waals surface area contributed by atoms with Crippen LogP contribution in [0, 0.1) is 5.92 Å². The lowest BCUT2D eigenvalue weighted by atomic mass is 10.1. The third-order valence-corrected chi connectivity index (χ3v) is 3.65. The Balaban J connectivity index is 1.93. The Kier molecular flexibility index (Phi) is 7.33. The smallest absolute Gasteiger partial charge is 0.255 e. The average Bonchev–Trinajstić information content (AvgIpc) is 2.61. The number of carbonyl (C=O) groups excluding carboxylic acids is 1. The van der Waals surface area contributed by atoms with Crippen molar-refractivity contribution in [2.24, 2.45) is 5.92 Å². The van der Waals surface area contributed by atoms with Crippen LogP contribution in [0.4, 0.5) is 5.69 Å². The molecule has 0 bridgehead atoms. The van der Waals surface area contributed by atoms with Gasteiger partial charge in [0, 0.05) is 11.3 Å². The van der Waals surface area contributed by atoms with Crippen LogP contribution in [0.5, 0.6) is 11.5 Å². The molecule has 4 nitrogen and oxygen atoms in total. The third-order valence-electron chi connectivity index (χ3n) is 3.65. The number of nitrogens with one attached hydrogen (secondary N) is 1. The molecule has 25 heavy (non-hydrogen) atoms. The van der Waals surface area contributed by atoms with Gasteiger partial charge in [0.25, 0.3) is 5.91 Å². The summed E-state index contributed by atoms with van der Waals surface area (Å²) in [5.41, 5.74) is 1.31. The Morgan fingerprint density at radius 1 is 1.00 bits per heavy atom. The number of rotatable bonds is 9. The number of hydrogen-bond donors (Lipinski definition) is 1. The van der Waals surface area contributed by atoms with Crippen molar-refractivity contribution in [2.45, 2.75) is 33.6 Å². The summed E-state index contributed by atoms with van der Waals surface area (Å²) in [5.74, 6) is 1.96. The highest BCUT2D eigenvalue weighted by Crippen LogP contribution is 2.19. The molecule has 0 radical (unpaired) electrons. The summed E-state index contributed by atoms with van der Waals surface area (Å²) in [5, 5.41) is 2.89. The van der Waals surface area contributed by atoms with Crippen LogP contribution in [0.3, 0.4) is 0 Å². The minimum atomic E-state index is -0.156. The fourth-order valence-electron chi connectivity index (χ4n) is 2.20. The lowest BCUT2D eigenvalue weighted by molar-refractivity contribution is 0.102. The number of carbonyl (C=O) groups is 1. The molecule has 2 aromatic carbocycles. The minimum Gasteiger partial charge on any atom is -0.494 e. The maximum absolute atomic E-state index is 12.4. The maximum atomic E-state index is 12.4.